The normalized spacial score (nSPS) is 17.3. The van der Waals surface area contributed by atoms with Gasteiger partial charge in [-0.15, -0.1) is 0 Å². The van der Waals surface area contributed by atoms with Crippen LogP contribution in [0.1, 0.15) is 11.1 Å². The fourth-order valence-electron chi connectivity index (χ4n) is 3.87. The SMILES string of the molecule is Cc1cccc(-c2ccccn2)c1N1CCNC(Cc2ccccc2)C1. The first kappa shape index (κ1) is 16.8. The highest BCUT2D eigenvalue weighted by Crippen LogP contribution is 2.33. The van der Waals surface area contributed by atoms with Crippen LogP contribution in [-0.4, -0.2) is 30.7 Å². The zero-order valence-electron chi connectivity index (χ0n) is 15.2. The standard InChI is InChI=1S/C23H25N3/c1-18-8-7-11-21(22-12-5-6-13-25-22)23(18)26-15-14-24-20(17-26)16-19-9-3-2-4-10-19/h2-13,20,24H,14-17H2,1H3. The van der Waals surface area contributed by atoms with Gasteiger partial charge in [0, 0.05) is 43.1 Å². The lowest BCUT2D eigenvalue weighted by Gasteiger charge is -2.37. The Morgan fingerprint density at radius 3 is 2.65 bits per heavy atom. The molecule has 1 fully saturated rings. The van der Waals surface area contributed by atoms with Crippen molar-refractivity contribution < 1.29 is 0 Å². The molecule has 3 nitrogen and oxygen atoms in total. The summed E-state index contributed by atoms with van der Waals surface area (Å²) >= 11 is 0. The van der Waals surface area contributed by atoms with Gasteiger partial charge in [0.15, 0.2) is 0 Å². The topological polar surface area (TPSA) is 28.2 Å². The van der Waals surface area contributed by atoms with Crippen LogP contribution in [0.4, 0.5) is 5.69 Å². The molecule has 0 aliphatic carbocycles. The summed E-state index contributed by atoms with van der Waals surface area (Å²) in [4.78, 5) is 7.12. The maximum absolute atomic E-state index is 4.59. The van der Waals surface area contributed by atoms with E-state index in [0.717, 1.165) is 31.7 Å². The van der Waals surface area contributed by atoms with Crippen molar-refractivity contribution in [3.8, 4) is 11.3 Å². The molecule has 0 bridgehead atoms. The van der Waals surface area contributed by atoms with E-state index in [1.807, 2.05) is 12.3 Å². The molecule has 26 heavy (non-hydrogen) atoms. The molecule has 1 aliphatic rings. The number of nitrogens with zero attached hydrogens (tertiary/aromatic N) is 2. The molecule has 0 amide bonds. The van der Waals surface area contributed by atoms with Crippen LogP contribution in [0.3, 0.4) is 0 Å². The van der Waals surface area contributed by atoms with Crippen molar-refractivity contribution in [1.29, 1.82) is 0 Å². The van der Waals surface area contributed by atoms with Crippen molar-refractivity contribution in [2.45, 2.75) is 19.4 Å². The third kappa shape index (κ3) is 3.63. The average molecular weight is 343 g/mol. The Hall–Kier alpha value is -2.65. The van der Waals surface area contributed by atoms with Gasteiger partial charge in [-0.2, -0.15) is 0 Å². The van der Waals surface area contributed by atoms with Gasteiger partial charge in [0.1, 0.15) is 0 Å². The summed E-state index contributed by atoms with van der Waals surface area (Å²) in [5, 5.41) is 3.69. The van der Waals surface area contributed by atoms with E-state index in [0.29, 0.717) is 6.04 Å². The molecule has 1 saturated heterocycles. The van der Waals surface area contributed by atoms with Crippen LogP contribution in [-0.2, 0) is 6.42 Å². The van der Waals surface area contributed by atoms with Crippen molar-refractivity contribution in [2.75, 3.05) is 24.5 Å². The van der Waals surface area contributed by atoms with E-state index < -0.39 is 0 Å². The summed E-state index contributed by atoms with van der Waals surface area (Å²) in [5.74, 6) is 0. The van der Waals surface area contributed by atoms with Crippen molar-refractivity contribution in [3.63, 3.8) is 0 Å². The van der Waals surface area contributed by atoms with Crippen LogP contribution < -0.4 is 10.2 Å². The van der Waals surface area contributed by atoms with Gasteiger partial charge in [-0.05, 0) is 36.6 Å². The van der Waals surface area contributed by atoms with E-state index in [9.17, 15) is 0 Å². The lowest BCUT2D eigenvalue weighted by Crippen LogP contribution is -2.52. The summed E-state index contributed by atoms with van der Waals surface area (Å²) in [6, 6.07) is 23.9. The number of hydrogen-bond acceptors (Lipinski definition) is 3. The van der Waals surface area contributed by atoms with Crippen LogP contribution >= 0.6 is 0 Å². The Balaban J connectivity index is 1.61. The second-order valence-corrected chi connectivity index (χ2v) is 6.97. The number of rotatable bonds is 4. The van der Waals surface area contributed by atoms with E-state index in [1.54, 1.807) is 0 Å². The summed E-state index contributed by atoms with van der Waals surface area (Å²) in [7, 11) is 0. The molecule has 1 atom stereocenters. The van der Waals surface area contributed by atoms with Crippen molar-refractivity contribution in [3.05, 3.63) is 84.1 Å². The van der Waals surface area contributed by atoms with E-state index >= 15 is 0 Å². The Kier molecular flexibility index (Phi) is 4.98. The number of para-hydroxylation sites is 1. The Morgan fingerprint density at radius 2 is 1.85 bits per heavy atom. The molecular weight excluding hydrogens is 318 g/mol. The van der Waals surface area contributed by atoms with Gasteiger partial charge in [-0.1, -0.05) is 54.6 Å². The lowest BCUT2D eigenvalue weighted by molar-refractivity contribution is 0.454. The minimum Gasteiger partial charge on any atom is -0.368 e. The zero-order valence-corrected chi connectivity index (χ0v) is 15.2. The fourth-order valence-corrected chi connectivity index (χ4v) is 3.87. The predicted octanol–water partition coefficient (Wildman–Crippen LogP) is 4.08. The van der Waals surface area contributed by atoms with Gasteiger partial charge < -0.3 is 10.2 Å². The molecule has 0 spiro atoms. The van der Waals surface area contributed by atoms with Gasteiger partial charge in [0.2, 0.25) is 0 Å². The minimum absolute atomic E-state index is 0.460. The van der Waals surface area contributed by atoms with Gasteiger partial charge in [0.05, 0.1) is 5.69 Å². The molecule has 3 aromatic rings. The smallest absolute Gasteiger partial charge is 0.0722 e. The van der Waals surface area contributed by atoms with Gasteiger partial charge in [-0.25, -0.2) is 0 Å². The molecule has 2 heterocycles. The van der Waals surface area contributed by atoms with Crippen molar-refractivity contribution >= 4 is 5.69 Å². The predicted molar refractivity (Wildman–Crippen MR) is 109 cm³/mol. The van der Waals surface area contributed by atoms with Crippen LogP contribution in [0.2, 0.25) is 0 Å². The summed E-state index contributed by atoms with van der Waals surface area (Å²) in [5.41, 5.74) is 6.30. The molecule has 1 N–H and O–H groups in total. The molecule has 1 aromatic heterocycles. The number of hydrogen-bond donors (Lipinski definition) is 1. The molecule has 132 valence electrons. The molecule has 0 saturated carbocycles. The van der Waals surface area contributed by atoms with Gasteiger partial charge in [-0.3, -0.25) is 4.98 Å². The summed E-state index contributed by atoms with van der Waals surface area (Å²) in [6.45, 7) is 5.25. The van der Waals surface area contributed by atoms with Crippen LogP contribution in [0, 0.1) is 6.92 Å². The highest BCUT2D eigenvalue weighted by molar-refractivity contribution is 5.79. The van der Waals surface area contributed by atoms with E-state index in [-0.39, 0.29) is 0 Å². The first-order chi connectivity index (χ1) is 12.8. The number of anilines is 1. The second-order valence-electron chi connectivity index (χ2n) is 6.97. The fraction of sp³-hybridized carbons (Fsp3) is 0.261. The van der Waals surface area contributed by atoms with Gasteiger partial charge >= 0.3 is 0 Å². The highest BCUT2D eigenvalue weighted by atomic mass is 15.2. The maximum atomic E-state index is 4.59. The number of benzene rings is 2. The van der Waals surface area contributed by atoms with E-state index in [4.69, 9.17) is 0 Å². The number of piperazine rings is 1. The lowest BCUT2D eigenvalue weighted by atomic mass is 10.00. The summed E-state index contributed by atoms with van der Waals surface area (Å²) < 4.78 is 0. The third-order valence-corrected chi connectivity index (χ3v) is 5.08. The number of aromatic nitrogens is 1. The molecule has 2 aromatic carbocycles. The molecule has 3 heteroatoms. The largest absolute Gasteiger partial charge is 0.368 e. The molecule has 1 aliphatic heterocycles. The highest BCUT2D eigenvalue weighted by Gasteiger charge is 2.23. The minimum atomic E-state index is 0.460. The van der Waals surface area contributed by atoms with Crippen LogP contribution in [0.15, 0.2) is 72.9 Å². The second kappa shape index (κ2) is 7.71. The Labute approximate surface area is 155 Å². The Bertz CT molecular complexity index is 846. The van der Waals surface area contributed by atoms with Crippen molar-refractivity contribution in [1.82, 2.24) is 10.3 Å². The van der Waals surface area contributed by atoms with Crippen LogP contribution in [0.5, 0.6) is 0 Å². The molecule has 4 rings (SSSR count). The summed E-state index contributed by atoms with van der Waals surface area (Å²) in [6.07, 6.45) is 2.93. The molecular formula is C23H25N3. The number of nitrogens with one attached hydrogen (secondary N) is 1. The zero-order chi connectivity index (χ0) is 17.8. The monoisotopic (exact) mass is 343 g/mol. The Morgan fingerprint density at radius 1 is 1.00 bits per heavy atom. The first-order valence-electron chi connectivity index (χ1n) is 9.34. The average Bonchev–Trinajstić information content (AvgIpc) is 2.69. The third-order valence-electron chi connectivity index (χ3n) is 5.08. The number of aryl methyl sites for hydroxylation is 1. The van der Waals surface area contributed by atoms with Crippen molar-refractivity contribution in [2.24, 2.45) is 0 Å². The first-order valence-corrected chi connectivity index (χ1v) is 9.34. The maximum Gasteiger partial charge on any atom is 0.0722 e. The quantitative estimate of drug-likeness (QED) is 0.774. The van der Waals surface area contributed by atoms with E-state index in [2.05, 4.69) is 82.8 Å². The van der Waals surface area contributed by atoms with E-state index in [1.165, 1.54) is 22.4 Å². The number of pyridine rings is 1. The molecule has 1 unspecified atom stereocenters. The van der Waals surface area contributed by atoms with Gasteiger partial charge in [0.25, 0.3) is 0 Å². The molecule has 0 radical (unpaired) electrons. The van der Waals surface area contributed by atoms with Crippen LogP contribution in [0.25, 0.3) is 11.3 Å².